The Morgan fingerprint density at radius 1 is 1.29 bits per heavy atom. The highest BCUT2D eigenvalue weighted by Crippen LogP contribution is 2.28. The van der Waals surface area contributed by atoms with E-state index in [1.165, 1.54) is 17.5 Å². The molecule has 0 spiro atoms. The summed E-state index contributed by atoms with van der Waals surface area (Å²) in [5.41, 5.74) is 0. The molecular weight excluding hydrogens is 366 g/mol. The van der Waals surface area contributed by atoms with E-state index in [4.69, 9.17) is 19.0 Å². The summed E-state index contributed by atoms with van der Waals surface area (Å²) in [4.78, 5) is 0.0000647. The van der Waals surface area contributed by atoms with Crippen LogP contribution in [0.1, 0.15) is 12.2 Å². The van der Waals surface area contributed by atoms with E-state index in [-0.39, 0.29) is 35.1 Å². The topological polar surface area (TPSA) is 89.2 Å². The third-order valence-electron chi connectivity index (χ3n) is 2.78. The van der Waals surface area contributed by atoms with Crippen molar-refractivity contribution in [2.24, 2.45) is 0 Å². The van der Waals surface area contributed by atoms with Crippen LogP contribution in [0.15, 0.2) is 20.0 Å². The van der Waals surface area contributed by atoms with Gasteiger partial charge in [0.15, 0.2) is 4.67 Å². The van der Waals surface area contributed by atoms with Crippen molar-refractivity contribution >= 4 is 26.0 Å². The molecule has 0 aliphatic rings. The summed E-state index contributed by atoms with van der Waals surface area (Å²) in [5, 5.41) is 9.03. The summed E-state index contributed by atoms with van der Waals surface area (Å²) in [6.45, 7) is 0.929. The van der Waals surface area contributed by atoms with Crippen molar-refractivity contribution in [3.05, 3.63) is 16.5 Å². The van der Waals surface area contributed by atoms with E-state index in [1.807, 2.05) is 0 Å². The molecule has 0 aromatic carbocycles. The standard InChI is InChI=1S/C12H20BrNO6S/c1-18-6-3-4-14(5-7-19-2)21(16,17)11-8-10(9-15)20-12(11)13/h8,15H,3-7,9H2,1-2H3. The molecule has 1 rings (SSSR count). The molecule has 0 saturated carbocycles. The largest absolute Gasteiger partial charge is 0.450 e. The van der Waals surface area contributed by atoms with E-state index in [2.05, 4.69) is 15.9 Å². The number of furan rings is 1. The Hall–Kier alpha value is -0.450. The van der Waals surface area contributed by atoms with Crippen LogP contribution in [0, 0.1) is 0 Å². The lowest BCUT2D eigenvalue weighted by Gasteiger charge is -2.21. The van der Waals surface area contributed by atoms with E-state index in [0.29, 0.717) is 19.6 Å². The molecule has 0 amide bonds. The molecule has 21 heavy (non-hydrogen) atoms. The molecule has 0 radical (unpaired) electrons. The van der Waals surface area contributed by atoms with Crippen LogP contribution >= 0.6 is 15.9 Å². The van der Waals surface area contributed by atoms with E-state index in [9.17, 15) is 8.42 Å². The fourth-order valence-electron chi connectivity index (χ4n) is 1.72. The van der Waals surface area contributed by atoms with Gasteiger partial charge in [-0.1, -0.05) is 0 Å². The van der Waals surface area contributed by atoms with Crippen molar-refractivity contribution in [3.63, 3.8) is 0 Å². The van der Waals surface area contributed by atoms with E-state index in [1.54, 1.807) is 7.11 Å². The van der Waals surface area contributed by atoms with Gasteiger partial charge < -0.3 is 19.0 Å². The fraction of sp³-hybridized carbons (Fsp3) is 0.667. The fourth-order valence-corrected chi connectivity index (χ4v) is 4.14. The highest BCUT2D eigenvalue weighted by molar-refractivity contribution is 9.10. The van der Waals surface area contributed by atoms with Crippen LogP contribution in [0.2, 0.25) is 0 Å². The van der Waals surface area contributed by atoms with E-state index in [0.717, 1.165) is 0 Å². The van der Waals surface area contributed by atoms with Crippen LogP contribution in [0.5, 0.6) is 0 Å². The van der Waals surface area contributed by atoms with Crippen molar-refractivity contribution < 1.29 is 27.4 Å². The van der Waals surface area contributed by atoms with Gasteiger partial charge in [0.1, 0.15) is 17.3 Å². The monoisotopic (exact) mass is 385 g/mol. The summed E-state index contributed by atoms with van der Waals surface area (Å²) in [6.07, 6.45) is 0.571. The first-order valence-electron chi connectivity index (χ1n) is 6.34. The van der Waals surface area contributed by atoms with Gasteiger partial charge in [0.05, 0.1) is 6.61 Å². The van der Waals surface area contributed by atoms with Gasteiger partial charge in [-0.15, -0.1) is 0 Å². The second kappa shape index (κ2) is 8.86. The third kappa shape index (κ3) is 5.04. The number of hydrogen-bond donors (Lipinski definition) is 1. The molecular formula is C12H20BrNO6S. The minimum Gasteiger partial charge on any atom is -0.450 e. The quantitative estimate of drug-likeness (QED) is 0.608. The van der Waals surface area contributed by atoms with E-state index < -0.39 is 10.0 Å². The normalized spacial score (nSPS) is 12.2. The summed E-state index contributed by atoms with van der Waals surface area (Å²) in [5.74, 6) is 0.184. The van der Waals surface area contributed by atoms with Crippen LogP contribution in [0.25, 0.3) is 0 Å². The lowest BCUT2D eigenvalue weighted by atomic mass is 10.4. The van der Waals surface area contributed by atoms with Gasteiger partial charge >= 0.3 is 0 Å². The Labute approximate surface area is 133 Å². The minimum atomic E-state index is -3.73. The van der Waals surface area contributed by atoms with Gasteiger partial charge in [0, 0.05) is 40.0 Å². The van der Waals surface area contributed by atoms with E-state index >= 15 is 0 Å². The molecule has 0 bridgehead atoms. The zero-order chi connectivity index (χ0) is 15.9. The molecule has 0 saturated heterocycles. The van der Waals surface area contributed by atoms with Crippen LogP contribution in [-0.4, -0.2) is 58.4 Å². The molecule has 0 aliphatic carbocycles. The number of sulfonamides is 1. The average Bonchev–Trinajstić information content (AvgIpc) is 2.84. The molecule has 0 aliphatic heterocycles. The van der Waals surface area contributed by atoms with Gasteiger partial charge in [-0.3, -0.25) is 0 Å². The lowest BCUT2D eigenvalue weighted by Crippen LogP contribution is -2.35. The first-order chi connectivity index (χ1) is 9.97. The molecule has 1 N–H and O–H groups in total. The Kier molecular flexibility index (Phi) is 7.85. The van der Waals surface area contributed by atoms with Crippen molar-refractivity contribution in [1.82, 2.24) is 4.31 Å². The first kappa shape index (κ1) is 18.6. The number of aliphatic hydroxyl groups excluding tert-OH is 1. The molecule has 0 unspecified atom stereocenters. The van der Waals surface area contributed by atoms with Gasteiger partial charge in [-0.2, -0.15) is 4.31 Å². The van der Waals surface area contributed by atoms with Crippen molar-refractivity contribution in [2.75, 3.05) is 40.5 Å². The second-order valence-electron chi connectivity index (χ2n) is 4.25. The summed E-state index contributed by atoms with van der Waals surface area (Å²) < 4.78 is 41.7. The predicted molar refractivity (Wildman–Crippen MR) is 79.5 cm³/mol. The maximum Gasteiger partial charge on any atom is 0.247 e. The maximum atomic E-state index is 12.6. The minimum absolute atomic E-state index is 0.0000647. The predicted octanol–water partition coefficient (Wildman–Crippen LogP) is 1.21. The van der Waals surface area contributed by atoms with Gasteiger partial charge in [-0.05, 0) is 22.4 Å². The number of aliphatic hydroxyl groups is 1. The maximum absolute atomic E-state index is 12.6. The second-order valence-corrected chi connectivity index (χ2v) is 6.88. The van der Waals surface area contributed by atoms with Crippen LogP contribution < -0.4 is 0 Å². The number of methoxy groups -OCH3 is 2. The van der Waals surface area contributed by atoms with Gasteiger partial charge in [0.25, 0.3) is 0 Å². The zero-order valence-electron chi connectivity index (χ0n) is 12.0. The van der Waals surface area contributed by atoms with Crippen LogP contribution in [-0.2, 0) is 26.1 Å². The highest BCUT2D eigenvalue weighted by atomic mass is 79.9. The molecule has 1 heterocycles. The molecule has 0 atom stereocenters. The molecule has 1 aromatic rings. The Morgan fingerprint density at radius 3 is 2.48 bits per heavy atom. The molecule has 0 fully saturated rings. The van der Waals surface area contributed by atoms with Crippen LogP contribution in [0.3, 0.4) is 0 Å². The summed E-state index contributed by atoms with van der Waals surface area (Å²) >= 11 is 3.07. The average molecular weight is 386 g/mol. The summed E-state index contributed by atoms with van der Waals surface area (Å²) in [6, 6.07) is 1.32. The number of halogens is 1. The Bertz CT molecular complexity index is 530. The number of hydrogen-bond acceptors (Lipinski definition) is 6. The SMILES string of the molecule is COCCCN(CCOC)S(=O)(=O)c1cc(CO)oc1Br. The number of rotatable bonds is 10. The third-order valence-corrected chi connectivity index (χ3v) is 5.54. The molecule has 9 heteroatoms. The number of ether oxygens (including phenoxy) is 2. The van der Waals surface area contributed by atoms with Gasteiger partial charge in [-0.25, -0.2) is 8.42 Å². The smallest absolute Gasteiger partial charge is 0.247 e. The van der Waals surface area contributed by atoms with Crippen molar-refractivity contribution in [2.45, 2.75) is 17.9 Å². The Balaban J connectivity index is 2.98. The van der Waals surface area contributed by atoms with Crippen molar-refractivity contribution in [3.8, 4) is 0 Å². The number of nitrogens with zero attached hydrogens (tertiary/aromatic N) is 1. The molecule has 7 nitrogen and oxygen atoms in total. The van der Waals surface area contributed by atoms with Crippen molar-refractivity contribution in [1.29, 1.82) is 0 Å². The van der Waals surface area contributed by atoms with Crippen LogP contribution in [0.4, 0.5) is 0 Å². The molecule has 1 aromatic heterocycles. The molecule has 122 valence electrons. The lowest BCUT2D eigenvalue weighted by molar-refractivity contribution is 0.164. The zero-order valence-corrected chi connectivity index (χ0v) is 14.4. The van der Waals surface area contributed by atoms with Gasteiger partial charge in [0.2, 0.25) is 10.0 Å². The Morgan fingerprint density at radius 2 is 1.95 bits per heavy atom. The highest BCUT2D eigenvalue weighted by Gasteiger charge is 2.29. The summed E-state index contributed by atoms with van der Waals surface area (Å²) in [7, 11) is -0.652. The first-order valence-corrected chi connectivity index (χ1v) is 8.57.